The first-order valence-electron chi connectivity index (χ1n) is 8.35. The lowest BCUT2D eigenvalue weighted by atomic mass is 9.87. The Morgan fingerprint density at radius 1 is 1.33 bits per heavy atom. The molecule has 0 spiro atoms. The molecule has 1 aliphatic rings. The van der Waals surface area contributed by atoms with E-state index in [0.29, 0.717) is 11.6 Å². The molecule has 0 aliphatic heterocycles. The predicted octanol–water partition coefficient (Wildman–Crippen LogP) is 4.57. The van der Waals surface area contributed by atoms with Crippen molar-refractivity contribution in [3.05, 3.63) is 58.8 Å². The number of nitrogen functional groups attached to an aromatic ring is 1. The molecule has 5 nitrogen and oxygen atoms in total. The minimum Gasteiger partial charge on any atom is -0.444 e. The zero-order valence-corrected chi connectivity index (χ0v) is 17.0. The van der Waals surface area contributed by atoms with Crippen LogP contribution in [0.5, 0.6) is 0 Å². The number of rotatable bonds is 4. The predicted molar refractivity (Wildman–Crippen MR) is 113 cm³/mol. The Labute approximate surface area is 174 Å². The van der Waals surface area contributed by atoms with Crippen molar-refractivity contribution in [2.75, 3.05) is 5.73 Å². The number of anilines is 1. The van der Waals surface area contributed by atoms with Crippen LogP contribution in [0, 0.1) is 0 Å². The maximum Gasteiger partial charge on any atom is 0.236 e. The molecule has 1 amide bonds. The smallest absolute Gasteiger partial charge is 0.236 e. The molecule has 0 radical (unpaired) electrons. The summed E-state index contributed by atoms with van der Waals surface area (Å²) in [6.45, 7) is 0. The van der Waals surface area contributed by atoms with Crippen LogP contribution in [0.1, 0.15) is 35.7 Å². The zero-order chi connectivity index (χ0) is 17.2. The average molecular weight is 426 g/mol. The van der Waals surface area contributed by atoms with Crippen LogP contribution in [0.25, 0.3) is 10.8 Å². The lowest BCUT2D eigenvalue weighted by Crippen LogP contribution is -2.32. The van der Waals surface area contributed by atoms with E-state index in [-0.39, 0.29) is 43.2 Å². The molecule has 0 fully saturated rings. The quantitative estimate of drug-likeness (QED) is 0.599. The molecule has 8 heteroatoms. The molecule has 1 aliphatic carbocycles. The summed E-state index contributed by atoms with van der Waals surface area (Å²) in [5.41, 5.74) is 9.70. The Bertz CT molecular complexity index is 896. The number of oxazole rings is 1. The first-order valence-corrected chi connectivity index (χ1v) is 9.23. The Morgan fingerprint density at radius 3 is 2.96 bits per heavy atom. The van der Waals surface area contributed by atoms with Gasteiger partial charge >= 0.3 is 0 Å². The van der Waals surface area contributed by atoms with Crippen molar-refractivity contribution in [2.45, 2.75) is 31.7 Å². The zero-order valence-electron chi connectivity index (χ0n) is 14.5. The van der Waals surface area contributed by atoms with Crippen LogP contribution >= 0.6 is 36.2 Å². The lowest BCUT2D eigenvalue weighted by molar-refractivity contribution is -0.121. The normalized spacial score (nSPS) is 15.2. The summed E-state index contributed by atoms with van der Waals surface area (Å²) in [5, 5.41) is 5.10. The number of hydrogen-bond acceptors (Lipinski definition) is 5. The van der Waals surface area contributed by atoms with Gasteiger partial charge in [0.25, 0.3) is 0 Å². The van der Waals surface area contributed by atoms with Crippen molar-refractivity contribution in [1.82, 2.24) is 10.3 Å². The molecule has 27 heavy (non-hydrogen) atoms. The summed E-state index contributed by atoms with van der Waals surface area (Å²) >= 11 is 1.56. The largest absolute Gasteiger partial charge is 0.444 e. The number of nitrogens with zero attached hydrogens (tertiary/aromatic N) is 1. The van der Waals surface area contributed by atoms with Crippen molar-refractivity contribution < 1.29 is 9.21 Å². The number of aromatic nitrogens is 1. The van der Waals surface area contributed by atoms with Gasteiger partial charge in [-0.05, 0) is 54.0 Å². The summed E-state index contributed by atoms with van der Waals surface area (Å²) in [7, 11) is 0. The molecule has 0 saturated heterocycles. The number of halogens is 2. The average Bonchev–Trinajstić information content (AvgIpc) is 3.26. The highest BCUT2D eigenvalue weighted by Gasteiger charge is 2.22. The Hall–Kier alpha value is -2.02. The van der Waals surface area contributed by atoms with Gasteiger partial charge in [-0.15, -0.1) is 36.2 Å². The highest BCUT2D eigenvalue weighted by molar-refractivity contribution is 7.13. The first-order chi connectivity index (χ1) is 12.2. The molecule has 1 atom stereocenters. The van der Waals surface area contributed by atoms with Gasteiger partial charge in [0.05, 0.1) is 23.0 Å². The van der Waals surface area contributed by atoms with Gasteiger partial charge < -0.3 is 15.5 Å². The van der Waals surface area contributed by atoms with Crippen LogP contribution in [0.3, 0.4) is 0 Å². The number of aryl methyl sites for hydroxylation is 1. The maximum atomic E-state index is 12.4. The molecule has 0 saturated carbocycles. The third-order valence-corrected chi connectivity index (χ3v) is 5.30. The van der Waals surface area contributed by atoms with Gasteiger partial charge in [-0.3, -0.25) is 4.79 Å². The molecule has 0 bridgehead atoms. The van der Waals surface area contributed by atoms with Crippen LogP contribution < -0.4 is 11.1 Å². The van der Waals surface area contributed by atoms with Gasteiger partial charge in [0.2, 0.25) is 11.8 Å². The van der Waals surface area contributed by atoms with Crippen molar-refractivity contribution in [2.24, 2.45) is 0 Å². The number of hydrogen-bond donors (Lipinski definition) is 2. The van der Waals surface area contributed by atoms with E-state index in [0.717, 1.165) is 29.8 Å². The summed E-state index contributed by atoms with van der Waals surface area (Å²) in [6, 6.07) is 9.88. The molecule has 2 heterocycles. The van der Waals surface area contributed by atoms with Crippen LogP contribution in [-0.4, -0.2) is 10.9 Å². The first kappa shape index (κ1) is 21.3. The van der Waals surface area contributed by atoms with Crippen LogP contribution in [0.4, 0.5) is 5.69 Å². The van der Waals surface area contributed by atoms with Crippen molar-refractivity contribution in [3.8, 4) is 10.8 Å². The Balaban J connectivity index is 0.00000131. The molecular formula is C19H21Cl2N3O2S. The monoisotopic (exact) mass is 425 g/mol. The van der Waals surface area contributed by atoms with Gasteiger partial charge in [0.1, 0.15) is 6.26 Å². The highest BCUT2D eigenvalue weighted by Crippen LogP contribution is 2.31. The third kappa shape index (κ3) is 4.83. The summed E-state index contributed by atoms with van der Waals surface area (Å²) in [6.07, 6.45) is 4.79. The molecule has 3 N–H and O–H groups in total. The Kier molecular flexibility index (Phi) is 7.30. The number of carbonyl (C=O) groups excluding carboxylic acids is 1. The Morgan fingerprint density at radius 2 is 2.19 bits per heavy atom. The van der Waals surface area contributed by atoms with Gasteiger partial charge in [-0.25, -0.2) is 4.98 Å². The second kappa shape index (κ2) is 9.26. The van der Waals surface area contributed by atoms with Gasteiger partial charge in [0, 0.05) is 5.69 Å². The molecule has 1 aromatic carbocycles. The van der Waals surface area contributed by atoms with Gasteiger partial charge in [-0.1, -0.05) is 12.1 Å². The molecule has 4 rings (SSSR count). The summed E-state index contributed by atoms with van der Waals surface area (Å²) in [5.74, 6) is 0.525. The minimum atomic E-state index is -0.0410. The molecule has 1 unspecified atom stereocenters. The number of amides is 1. The van der Waals surface area contributed by atoms with Gasteiger partial charge in [0.15, 0.2) is 0 Å². The number of nitrogens with one attached hydrogen (secondary N) is 1. The van der Waals surface area contributed by atoms with Crippen molar-refractivity contribution in [3.63, 3.8) is 0 Å². The SMILES string of the molecule is Cl.Cl.Nc1ccc2c(c1)CCCC2NC(=O)Cc1coc(-c2cccs2)n1. The van der Waals surface area contributed by atoms with E-state index >= 15 is 0 Å². The molecular weight excluding hydrogens is 405 g/mol. The van der Waals surface area contributed by atoms with Gasteiger partial charge in [-0.2, -0.15) is 0 Å². The second-order valence-corrected chi connectivity index (χ2v) is 7.22. The van der Waals surface area contributed by atoms with E-state index in [1.807, 2.05) is 35.7 Å². The van der Waals surface area contributed by atoms with E-state index in [4.69, 9.17) is 10.2 Å². The molecule has 3 aromatic rings. The van der Waals surface area contributed by atoms with Crippen LogP contribution in [0.2, 0.25) is 0 Å². The van der Waals surface area contributed by atoms with E-state index in [2.05, 4.69) is 10.3 Å². The number of benzene rings is 1. The van der Waals surface area contributed by atoms with Crippen molar-refractivity contribution >= 4 is 47.7 Å². The molecule has 144 valence electrons. The van der Waals surface area contributed by atoms with Crippen LogP contribution in [0.15, 0.2) is 46.4 Å². The highest BCUT2D eigenvalue weighted by atomic mass is 35.5. The standard InChI is InChI=1S/C19H19N3O2S.2ClH/c20-13-6-7-15-12(9-13)3-1-4-16(15)22-18(23)10-14-11-24-19(21-14)17-5-2-8-25-17;;/h2,5-9,11,16H,1,3-4,10,20H2,(H,22,23);2*1H. The van der Waals surface area contributed by atoms with E-state index in [1.54, 1.807) is 17.6 Å². The third-order valence-electron chi connectivity index (χ3n) is 4.44. The minimum absolute atomic E-state index is 0. The van der Waals surface area contributed by atoms with E-state index < -0.39 is 0 Å². The molecule has 2 aromatic heterocycles. The number of nitrogens with two attached hydrogens (primary N) is 1. The number of thiophene rings is 1. The van der Waals surface area contributed by atoms with E-state index in [1.165, 1.54) is 11.1 Å². The summed E-state index contributed by atoms with van der Waals surface area (Å²) < 4.78 is 5.47. The fourth-order valence-electron chi connectivity index (χ4n) is 3.30. The maximum absolute atomic E-state index is 12.4. The number of carbonyl (C=O) groups is 1. The topological polar surface area (TPSA) is 81.1 Å². The van der Waals surface area contributed by atoms with Crippen molar-refractivity contribution in [1.29, 1.82) is 0 Å². The fourth-order valence-corrected chi connectivity index (χ4v) is 3.95. The van der Waals surface area contributed by atoms with Crippen LogP contribution in [-0.2, 0) is 17.6 Å². The fraction of sp³-hybridized carbons (Fsp3) is 0.263. The van der Waals surface area contributed by atoms with E-state index in [9.17, 15) is 4.79 Å². The number of fused-ring (bicyclic) bond motifs is 1. The lowest BCUT2D eigenvalue weighted by Gasteiger charge is -2.26. The second-order valence-electron chi connectivity index (χ2n) is 6.27. The summed E-state index contributed by atoms with van der Waals surface area (Å²) in [4.78, 5) is 17.8.